The first kappa shape index (κ1) is 15.4. The number of carbonyl (C=O) groups excluding carboxylic acids is 1. The standard InChI is InChI=1S/C17H26N4O/c1-3-15-14(11-12(2)19-20-15)17(22)21-9-6-13(7-10-21)16-5-4-8-18-16/h11,13,16,18H,3-10H2,1-2H3. The minimum Gasteiger partial charge on any atom is -0.339 e. The van der Waals surface area contributed by atoms with Crippen LogP contribution in [0, 0.1) is 12.8 Å². The predicted octanol–water partition coefficient (Wildman–Crippen LogP) is 1.95. The molecule has 5 heteroatoms. The van der Waals surface area contributed by atoms with Crippen molar-refractivity contribution in [1.82, 2.24) is 20.4 Å². The molecule has 1 N–H and O–H groups in total. The summed E-state index contributed by atoms with van der Waals surface area (Å²) in [5.41, 5.74) is 2.37. The molecule has 1 unspecified atom stereocenters. The number of aryl methyl sites for hydroxylation is 2. The minimum absolute atomic E-state index is 0.132. The van der Waals surface area contributed by atoms with Crippen molar-refractivity contribution >= 4 is 5.91 Å². The van der Waals surface area contributed by atoms with Crippen molar-refractivity contribution in [3.63, 3.8) is 0 Å². The molecule has 2 fully saturated rings. The van der Waals surface area contributed by atoms with E-state index in [2.05, 4.69) is 15.5 Å². The van der Waals surface area contributed by atoms with Crippen LogP contribution in [0.5, 0.6) is 0 Å². The molecular weight excluding hydrogens is 276 g/mol. The molecule has 0 bridgehead atoms. The fraction of sp³-hybridized carbons (Fsp3) is 0.706. The van der Waals surface area contributed by atoms with Crippen LogP contribution >= 0.6 is 0 Å². The van der Waals surface area contributed by atoms with Gasteiger partial charge in [-0.1, -0.05) is 6.92 Å². The highest BCUT2D eigenvalue weighted by atomic mass is 16.2. The molecule has 120 valence electrons. The topological polar surface area (TPSA) is 58.1 Å². The van der Waals surface area contributed by atoms with Gasteiger partial charge in [0.05, 0.1) is 17.0 Å². The van der Waals surface area contributed by atoms with E-state index >= 15 is 0 Å². The van der Waals surface area contributed by atoms with E-state index in [0.717, 1.165) is 61.8 Å². The molecular formula is C17H26N4O. The first-order valence-electron chi connectivity index (χ1n) is 8.55. The summed E-state index contributed by atoms with van der Waals surface area (Å²) in [6.45, 7) is 6.80. The molecule has 0 saturated carbocycles. The first-order chi connectivity index (χ1) is 10.7. The van der Waals surface area contributed by atoms with Crippen molar-refractivity contribution < 1.29 is 4.79 Å². The summed E-state index contributed by atoms with van der Waals surface area (Å²) < 4.78 is 0. The summed E-state index contributed by atoms with van der Waals surface area (Å²) in [6, 6.07) is 2.56. The third kappa shape index (κ3) is 3.14. The Hall–Kier alpha value is -1.49. The predicted molar refractivity (Wildman–Crippen MR) is 85.8 cm³/mol. The summed E-state index contributed by atoms with van der Waals surface area (Å²) in [5, 5.41) is 11.9. The fourth-order valence-electron chi connectivity index (χ4n) is 3.75. The highest BCUT2D eigenvalue weighted by molar-refractivity contribution is 5.95. The van der Waals surface area contributed by atoms with Gasteiger partial charge in [-0.05, 0) is 57.6 Å². The van der Waals surface area contributed by atoms with Crippen LogP contribution in [0.4, 0.5) is 0 Å². The maximum Gasteiger partial charge on any atom is 0.255 e. The number of nitrogens with zero attached hydrogens (tertiary/aromatic N) is 3. The van der Waals surface area contributed by atoms with Crippen LogP contribution in [0.15, 0.2) is 6.07 Å². The summed E-state index contributed by atoms with van der Waals surface area (Å²) >= 11 is 0. The van der Waals surface area contributed by atoms with Gasteiger partial charge >= 0.3 is 0 Å². The second-order valence-corrected chi connectivity index (χ2v) is 6.53. The lowest BCUT2D eigenvalue weighted by atomic mass is 9.88. The summed E-state index contributed by atoms with van der Waals surface area (Å²) in [5.74, 6) is 0.863. The van der Waals surface area contributed by atoms with Crippen molar-refractivity contribution in [2.24, 2.45) is 5.92 Å². The molecule has 22 heavy (non-hydrogen) atoms. The van der Waals surface area contributed by atoms with Crippen LogP contribution < -0.4 is 5.32 Å². The Bertz CT molecular complexity index is 531. The lowest BCUT2D eigenvalue weighted by Gasteiger charge is -2.35. The summed E-state index contributed by atoms with van der Waals surface area (Å²) in [6.07, 6.45) is 5.57. The number of likely N-dealkylation sites (tertiary alicyclic amines) is 1. The summed E-state index contributed by atoms with van der Waals surface area (Å²) in [7, 11) is 0. The lowest BCUT2D eigenvalue weighted by Crippen LogP contribution is -2.43. The first-order valence-corrected chi connectivity index (χ1v) is 8.55. The van der Waals surface area contributed by atoms with Gasteiger partial charge in [0.2, 0.25) is 0 Å². The quantitative estimate of drug-likeness (QED) is 0.927. The molecule has 0 aromatic carbocycles. The van der Waals surface area contributed by atoms with Crippen molar-refractivity contribution in [3.8, 4) is 0 Å². The molecule has 1 amide bonds. The van der Waals surface area contributed by atoms with E-state index in [9.17, 15) is 4.79 Å². The monoisotopic (exact) mass is 302 g/mol. The van der Waals surface area contributed by atoms with E-state index < -0.39 is 0 Å². The van der Waals surface area contributed by atoms with E-state index in [0.29, 0.717) is 6.04 Å². The highest BCUT2D eigenvalue weighted by Crippen LogP contribution is 2.26. The smallest absolute Gasteiger partial charge is 0.255 e. The van der Waals surface area contributed by atoms with Crippen molar-refractivity contribution in [1.29, 1.82) is 0 Å². The number of hydrogen-bond donors (Lipinski definition) is 1. The Morgan fingerprint density at radius 3 is 2.73 bits per heavy atom. The van der Waals surface area contributed by atoms with Crippen LogP contribution in [0.1, 0.15) is 54.4 Å². The zero-order chi connectivity index (χ0) is 15.5. The third-order valence-corrected chi connectivity index (χ3v) is 5.05. The maximum atomic E-state index is 12.8. The molecule has 1 aromatic rings. The molecule has 2 aliphatic rings. The fourth-order valence-corrected chi connectivity index (χ4v) is 3.75. The van der Waals surface area contributed by atoms with Gasteiger partial charge in [-0.3, -0.25) is 4.79 Å². The van der Waals surface area contributed by atoms with Gasteiger partial charge < -0.3 is 10.2 Å². The van der Waals surface area contributed by atoms with Gasteiger partial charge in [-0.25, -0.2) is 0 Å². The van der Waals surface area contributed by atoms with Crippen LogP contribution in [0.2, 0.25) is 0 Å². The lowest BCUT2D eigenvalue weighted by molar-refractivity contribution is 0.0672. The van der Waals surface area contributed by atoms with E-state index in [1.165, 1.54) is 12.8 Å². The van der Waals surface area contributed by atoms with E-state index in [-0.39, 0.29) is 5.91 Å². The maximum absolute atomic E-state index is 12.8. The number of hydrogen-bond acceptors (Lipinski definition) is 4. The Morgan fingerprint density at radius 2 is 2.09 bits per heavy atom. The zero-order valence-corrected chi connectivity index (χ0v) is 13.6. The third-order valence-electron chi connectivity index (χ3n) is 5.05. The molecule has 1 atom stereocenters. The minimum atomic E-state index is 0.132. The molecule has 3 rings (SSSR count). The number of aromatic nitrogens is 2. The van der Waals surface area contributed by atoms with E-state index in [1.807, 2.05) is 24.8 Å². The van der Waals surface area contributed by atoms with Crippen molar-refractivity contribution in [2.75, 3.05) is 19.6 Å². The zero-order valence-electron chi connectivity index (χ0n) is 13.6. The average molecular weight is 302 g/mol. The molecule has 5 nitrogen and oxygen atoms in total. The molecule has 0 spiro atoms. The van der Waals surface area contributed by atoms with Crippen LogP contribution in [0.25, 0.3) is 0 Å². The second kappa shape index (κ2) is 6.73. The van der Waals surface area contributed by atoms with Crippen LogP contribution in [0.3, 0.4) is 0 Å². The second-order valence-electron chi connectivity index (χ2n) is 6.53. The summed E-state index contributed by atoms with van der Waals surface area (Å²) in [4.78, 5) is 14.8. The number of amides is 1. The Kier molecular flexibility index (Phi) is 4.71. The molecule has 1 aromatic heterocycles. The van der Waals surface area contributed by atoms with Crippen LogP contribution in [-0.4, -0.2) is 46.7 Å². The molecule has 2 aliphatic heterocycles. The van der Waals surface area contributed by atoms with Crippen LogP contribution in [-0.2, 0) is 6.42 Å². The number of nitrogens with one attached hydrogen (secondary N) is 1. The van der Waals surface area contributed by atoms with Gasteiger partial charge in [0, 0.05) is 19.1 Å². The highest BCUT2D eigenvalue weighted by Gasteiger charge is 2.30. The van der Waals surface area contributed by atoms with E-state index in [1.54, 1.807) is 0 Å². The molecule has 0 aliphatic carbocycles. The molecule has 0 radical (unpaired) electrons. The van der Waals surface area contributed by atoms with E-state index in [4.69, 9.17) is 0 Å². The van der Waals surface area contributed by atoms with Gasteiger partial charge in [-0.2, -0.15) is 10.2 Å². The van der Waals surface area contributed by atoms with Gasteiger partial charge in [0.25, 0.3) is 5.91 Å². The van der Waals surface area contributed by atoms with Gasteiger partial charge in [-0.15, -0.1) is 0 Å². The Balaban J connectivity index is 1.65. The number of rotatable bonds is 3. The normalized spacial score (nSPS) is 23.0. The Labute approximate surface area is 132 Å². The SMILES string of the molecule is CCc1nnc(C)cc1C(=O)N1CCC(C2CCCN2)CC1. The van der Waals surface area contributed by atoms with Gasteiger partial charge in [0.15, 0.2) is 0 Å². The molecule has 2 saturated heterocycles. The number of carbonyl (C=O) groups is 1. The van der Waals surface area contributed by atoms with Crippen molar-refractivity contribution in [3.05, 3.63) is 23.0 Å². The molecule has 3 heterocycles. The largest absolute Gasteiger partial charge is 0.339 e. The van der Waals surface area contributed by atoms with Gasteiger partial charge in [0.1, 0.15) is 0 Å². The average Bonchev–Trinajstić information content (AvgIpc) is 3.09. The van der Waals surface area contributed by atoms with Crippen molar-refractivity contribution in [2.45, 2.75) is 52.0 Å². The Morgan fingerprint density at radius 1 is 1.32 bits per heavy atom. The number of piperidine rings is 1.